The highest BCUT2D eigenvalue weighted by molar-refractivity contribution is 7.21. The molecule has 0 amide bonds. The van der Waals surface area contributed by atoms with Gasteiger partial charge in [0.1, 0.15) is 0 Å². The van der Waals surface area contributed by atoms with Crippen LogP contribution in [0.5, 0.6) is 0 Å². The molecule has 11 aromatic rings. The molecule has 14 rings (SSSR count). The third-order valence-corrected chi connectivity index (χ3v) is 16.2. The van der Waals surface area contributed by atoms with Crippen molar-refractivity contribution in [2.75, 3.05) is 4.90 Å². The van der Waals surface area contributed by atoms with E-state index in [1.54, 1.807) is 0 Å². The lowest BCUT2D eigenvalue weighted by atomic mass is 9.63. The van der Waals surface area contributed by atoms with Gasteiger partial charge >= 0.3 is 0 Å². The van der Waals surface area contributed by atoms with Crippen LogP contribution in [-0.2, 0) is 10.8 Å². The van der Waals surface area contributed by atoms with Gasteiger partial charge in [0.2, 0.25) is 0 Å². The molecule has 67 heavy (non-hydrogen) atoms. The van der Waals surface area contributed by atoms with Gasteiger partial charge in [0.05, 0.1) is 22.2 Å². The lowest BCUT2D eigenvalue weighted by Gasteiger charge is -2.45. The van der Waals surface area contributed by atoms with Gasteiger partial charge in [-0.15, -0.1) is 22.7 Å². The molecule has 0 radical (unpaired) electrons. The number of para-hydroxylation sites is 1. The van der Waals surface area contributed by atoms with E-state index in [2.05, 4.69) is 198 Å². The van der Waals surface area contributed by atoms with E-state index in [-0.39, 0.29) is 0 Å². The maximum atomic E-state index is 5.19. The predicted octanol–water partition coefficient (Wildman–Crippen LogP) is 15.5. The second kappa shape index (κ2) is 14.7. The summed E-state index contributed by atoms with van der Waals surface area (Å²) in [6, 6.07) is 79.5. The summed E-state index contributed by atoms with van der Waals surface area (Å²) < 4.78 is 0. The largest absolute Gasteiger partial charge is 0.310 e. The minimum atomic E-state index is -0.579. The van der Waals surface area contributed by atoms with Crippen LogP contribution in [-0.4, -0.2) is 15.0 Å². The van der Waals surface area contributed by atoms with Gasteiger partial charge in [-0.05, 0) is 109 Å². The fourth-order valence-electron chi connectivity index (χ4n) is 11.5. The van der Waals surface area contributed by atoms with Crippen molar-refractivity contribution in [3.05, 3.63) is 274 Å². The summed E-state index contributed by atoms with van der Waals surface area (Å²) in [5, 5.41) is 4.57. The van der Waals surface area contributed by atoms with E-state index in [0.29, 0.717) is 17.5 Å². The summed E-state index contributed by atoms with van der Waals surface area (Å²) in [5.41, 5.74) is 17.8. The molecule has 0 fully saturated rings. The molecule has 3 aliphatic rings. The van der Waals surface area contributed by atoms with Crippen LogP contribution in [0.4, 0.5) is 17.1 Å². The van der Waals surface area contributed by atoms with Crippen LogP contribution in [0.25, 0.3) is 55.0 Å². The zero-order valence-corrected chi connectivity index (χ0v) is 37.7. The Kier molecular flexibility index (Phi) is 8.42. The Hall–Kier alpha value is -8.03. The minimum Gasteiger partial charge on any atom is -0.310 e. The lowest BCUT2D eigenvalue weighted by molar-refractivity contribution is 0.745. The quantitative estimate of drug-likeness (QED) is 0.167. The topological polar surface area (TPSA) is 41.9 Å². The fraction of sp³-hybridized carbons (Fsp3) is 0.0328. The molecule has 0 unspecified atom stereocenters. The molecule has 1 aliphatic heterocycles. The Morgan fingerprint density at radius 3 is 1.45 bits per heavy atom. The number of aromatic nitrogens is 3. The third kappa shape index (κ3) is 5.37. The second-order valence-corrected chi connectivity index (χ2v) is 19.3. The Balaban J connectivity index is 1.07. The Labute approximate surface area is 396 Å². The number of thiophene rings is 2. The standard InChI is InChI=1S/C61H38N4S2/c1-5-18-39(19-6-1)57-62-58(40-20-7-2-8-21-40)64-59(63-57)41-22-17-27-44(36-41)65-53-31-16-15-30-48(53)61(49-32-34-66-55(49)56-50(61)33-35-67-56)52-37-46-45-28-13-14-29-47(45)60(51(46)38-54(52)65,42-23-9-3-10-24-42)43-25-11-4-12-26-43/h1-38H. The highest BCUT2D eigenvalue weighted by Crippen LogP contribution is 2.68. The normalized spacial score (nSPS) is 14.2. The van der Waals surface area contributed by atoms with Crippen LogP contribution in [0.1, 0.15) is 44.5 Å². The molecular weight excluding hydrogens is 853 g/mol. The maximum absolute atomic E-state index is 5.19. The van der Waals surface area contributed by atoms with Crippen LogP contribution in [0, 0.1) is 0 Å². The summed E-state index contributed by atoms with van der Waals surface area (Å²) in [4.78, 5) is 20.6. The molecule has 2 aliphatic carbocycles. The molecule has 0 atom stereocenters. The van der Waals surface area contributed by atoms with Crippen molar-refractivity contribution in [2.45, 2.75) is 10.8 Å². The van der Waals surface area contributed by atoms with Crippen LogP contribution in [0.3, 0.4) is 0 Å². The van der Waals surface area contributed by atoms with Crippen molar-refractivity contribution in [3.63, 3.8) is 0 Å². The molecule has 0 saturated carbocycles. The summed E-state index contributed by atoms with van der Waals surface area (Å²) in [7, 11) is 0. The maximum Gasteiger partial charge on any atom is 0.164 e. The molecule has 3 aromatic heterocycles. The first-order valence-electron chi connectivity index (χ1n) is 22.7. The molecule has 8 aromatic carbocycles. The summed E-state index contributed by atoms with van der Waals surface area (Å²) in [5.74, 6) is 1.89. The molecule has 314 valence electrons. The molecule has 4 nitrogen and oxygen atoms in total. The van der Waals surface area contributed by atoms with Gasteiger partial charge < -0.3 is 4.90 Å². The average molecular weight is 891 g/mol. The zero-order valence-electron chi connectivity index (χ0n) is 36.0. The van der Waals surface area contributed by atoms with E-state index in [1.807, 2.05) is 59.1 Å². The van der Waals surface area contributed by atoms with Crippen LogP contribution >= 0.6 is 22.7 Å². The fourth-order valence-corrected chi connectivity index (χ4v) is 13.6. The Bertz CT molecular complexity index is 3570. The number of benzene rings is 8. The van der Waals surface area contributed by atoms with E-state index < -0.39 is 10.8 Å². The first-order valence-corrected chi connectivity index (χ1v) is 24.4. The Morgan fingerprint density at radius 2 is 0.836 bits per heavy atom. The van der Waals surface area contributed by atoms with E-state index in [4.69, 9.17) is 15.0 Å². The van der Waals surface area contributed by atoms with Gasteiger partial charge in [-0.25, -0.2) is 15.0 Å². The van der Waals surface area contributed by atoms with Crippen LogP contribution in [0.15, 0.2) is 229 Å². The smallest absolute Gasteiger partial charge is 0.164 e. The highest BCUT2D eigenvalue weighted by Gasteiger charge is 2.55. The summed E-state index contributed by atoms with van der Waals surface area (Å²) in [6.07, 6.45) is 0. The van der Waals surface area contributed by atoms with E-state index in [0.717, 1.165) is 33.8 Å². The van der Waals surface area contributed by atoms with Gasteiger partial charge in [0, 0.05) is 32.1 Å². The van der Waals surface area contributed by atoms with Crippen molar-refractivity contribution in [1.82, 2.24) is 15.0 Å². The van der Waals surface area contributed by atoms with E-state index >= 15 is 0 Å². The molecule has 0 N–H and O–H groups in total. The highest BCUT2D eigenvalue weighted by atomic mass is 32.1. The molecule has 4 heterocycles. The first-order chi connectivity index (χ1) is 33.2. The van der Waals surface area contributed by atoms with Gasteiger partial charge in [-0.3, -0.25) is 0 Å². The molecular formula is C61H38N4S2. The van der Waals surface area contributed by atoms with Crippen molar-refractivity contribution in [3.8, 4) is 55.0 Å². The monoisotopic (exact) mass is 890 g/mol. The van der Waals surface area contributed by atoms with Gasteiger partial charge in [0.15, 0.2) is 17.5 Å². The zero-order chi connectivity index (χ0) is 44.1. The van der Waals surface area contributed by atoms with Crippen LogP contribution in [0.2, 0.25) is 0 Å². The average Bonchev–Trinajstić information content (AvgIpc) is 4.20. The second-order valence-electron chi connectivity index (χ2n) is 17.5. The van der Waals surface area contributed by atoms with Crippen molar-refractivity contribution in [2.24, 2.45) is 0 Å². The number of nitrogens with zero attached hydrogens (tertiary/aromatic N) is 4. The molecule has 0 saturated heterocycles. The van der Waals surface area contributed by atoms with Crippen molar-refractivity contribution >= 4 is 39.7 Å². The summed E-state index contributed by atoms with van der Waals surface area (Å²) in [6.45, 7) is 0. The first kappa shape index (κ1) is 38.3. The van der Waals surface area contributed by atoms with Gasteiger partial charge in [-0.2, -0.15) is 0 Å². The van der Waals surface area contributed by atoms with E-state index in [1.165, 1.54) is 65.4 Å². The number of hydrogen-bond donors (Lipinski definition) is 0. The number of anilines is 3. The third-order valence-electron chi connectivity index (χ3n) is 14.2. The Morgan fingerprint density at radius 1 is 0.328 bits per heavy atom. The predicted molar refractivity (Wildman–Crippen MR) is 275 cm³/mol. The molecule has 6 heteroatoms. The number of hydrogen-bond acceptors (Lipinski definition) is 6. The van der Waals surface area contributed by atoms with Crippen LogP contribution < -0.4 is 4.90 Å². The summed E-state index contributed by atoms with van der Waals surface area (Å²) >= 11 is 3.72. The van der Waals surface area contributed by atoms with E-state index in [9.17, 15) is 0 Å². The lowest BCUT2D eigenvalue weighted by Crippen LogP contribution is -2.36. The van der Waals surface area contributed by atoms with Crippen molar-refractivity contribution < 1.29 is 0 Å². The number of rotatable bonds is 6. The molecule has 1 spiro atoms. The van der Waals surface area contributed by atoms with Gasteiger partial charge in [0.25, 0.3) is 0 Å². The van der Waals surface area contributed by atoms with Crippen molar-refractivity contribution in [1.29, 1.82) is 0 Å². The molecule has 0 bridgehead atoms. The minimum absolute atomic E-state index is 0.539. The van der Waals surface area contributed by atoms with Gasteiger partial charge in [-0.1, -0.05) is 176 Å². The SMILES string of the molecule is c1ccc(-c2nc(-c3ccccc3)nc(-c3cccc(N4c5ccccc5C5(c6cc7c(cc64)C(c4ccccc4)(c4ccccc4)c4ccccc4-7)c4ccsc4-c4sccc45)c3)n2)cc1. The number of fused-ring (bicyclic) bond motifs is 12.